The van der Waals surface area contributed by atoms with E-state index < -0.39 is 0 Å². The van der Waals surface area contributed by atoms with Crippen LogP contribution in [0.15, 0.2) is 29.3 Å². The van der Waals surface area contributed by atoms with E-state index in [1.165, 1.54) is 17.5 Å². The summed E-state index contributed by atoms with van der Waals surface area (Å²) >= 11 is 0. The third-order valence-corrected chi connectivity index (χ3v) is 3.78. The molecule has 0 aromatic heterocycles. The second-order valence-electron chi connectivity index (χ2n) is 6.54. The molecule has 0 amide bonds. The van der Waals surface area contributed by atoms with Gasteiger partial charge in [0.25, 0.3) is 0 Å². The normalized spacial score (nSPS) is 13.5. The first kappa shape index (κ1) is 18.5. The quantitative estimate of drug-likeness (QED) is 0.601. The molecule has 0 aliphatic carbocycles. The highest BCUT2D eigenvalue weighted by molar-refractivity contribution is 5.79. The van der Waals surface area contributed by atoms with Gasteiger partial charge in [-0.05, 0) is 38.9 Å². The second kappa shape index (κ2) is 9.46. The Morgan fingerprint density at radius 3 is 2.27 bits per heavy atom. The van der Waals surface area contributed by atoms with Gasteiger partial charge in [0.2, 0.25) is 0 Å². The van der Waals surface area contributed by atoms with Crippen LogP contribution < -0.4 is 10.6 Å². The Labute approximate surface area is 136 Å². The van der Waals surface area contributed by atoms with Crippen LogP contribution in [0.3, 0.4) is 0 Å². The standard InChI is InChI=1S/C18H32N4/c1-14(2)11-17(22(5)6)13-21-18(19-4)20-12-16-9-7-15(3)8-10-16/h7-10,14,17H,11-13H2,1-6H3,(H2,19,20,21). The Hall–Kier alpha value is -1.55. The molecule has 0 radical (unpaired) electrons. The minimum absolute atomic E-state index is 0.512. The third kappa shape index (κ3) is 6.94. The third-order valence-electron chi connectivity index (χ3n) is 3.78. The number of guanidine groups is 1. The summed E-state index contributed by atoms with van der Waals surface area (Å²) in [6.07, 6.45) is 1.18. The van der Waals surface area contributed by atoms with Gasteiger partial charge in [-0.1, -0.05) is 43.7 Å². The van der Waals surface area contributed by atoms with E-state index in [9.17, 15) is 0 Å². The summed E-state index contributed by atoms with van der Waals surface area (Å²) in [5.74, 6) is 1.55. The molecular weight excluding hydrogens is 272 g/mol. The largest absolute Gasteiger partial charge is 0.355 e. The summed E-state index contributed by atoms with van der Waals surface area (Å²) in [6, 6.07) is 9.09. The van der Waals surface area contributed by atoms with Crippen molar-refractivity contribution in [2.24, 2.45) is 10.9 Å². The Kier molecular flexibility index (Phi) is 7.96. The molecule has 0 bridgehead atoms. The van der Waals surface area contributed by atoms with Gasteiger partial charge in [0.15, 0.2) is 5.96 Å². The maximum atomic E-state index is 4.31. The lowest BCUT2D eigenvalue weighted by molar-refractivity contribution is 0.254. The van der Waals surface area contributed by atoms with E-state index in [1.807, 2.05) is 7.05 Å². The van der Waals surface area contributed by atoms with Gasteiger partial charge in [0.05, 0.1) is 0 Å². The number of hydrogen-bond donors (Lipinski definition) is 2. The summed E-state index contributed by atoms with van der Waals surface area (Å²) < 4.78 is 0. The van der Waals surface area contributed by atoms with Crippen LogP contribution in [-0.2, 0) is 6.54 Å². The fraction of sp³-hybridized carbons (Fsp3) is 0.611. The van der Waals surface area contributed by atoms with Gasteiger partial charge in [-0.2, -0.15) is 0 Å². The molecule has 0 aliphatic heterocycles. The first-order valence-corrected chi connectivity index (χ1v) is 8.08. The predicted molar refractivity (Wildman–Crippen MR) is 96.3 cm³/mol. The molecule has 0 fully saturated rings. The SMILES string of the molecule is CN=C(NCc1ccc(C)cc1)NCC(CC(C)C)N(C)C. The zero-order valence-corrected chi connectivity index (χ0v) is 15.0. The first-order valence-electron chi connectivity index (χ1n) is 8.08. The number of likely N-dealkylation sites (N-methyl/N-ethyl adjacent to an activating group) is 1. The van der Waals surface area contributed by atoms with Crippen molar-refractivity contribution in [2.45, 2.75) is 39.8 Å². The van der Waals surface area contributed by atoms with E-state index >= 15 is 0 Å². The molecule has 1 aromatic carbocycles. The van der Waals surface area contributed by atoms with E-state index in [-0.39, 0.29) is 0 Å². The predicted octanol–water partition coefficient (Wildman–Crippen LogP) is 2.64. The van der Waals surface area contributed by atoms with Gasteiger partial charge in [-0.3, -0.25) is 4.99 Å². The highest BCUT2D eigenvalue weighted by Gasteiger charge is 2.13. The van der Waals surface area contributed by atoms with Gasteiger partial charge in [0, 0.05) is 26.2 Å². The van der Waals surface area contributed by atoms with Crippen molar-refractivity contribution in [1.82, 2.24) is 15.5 Å². The fourth-order valence-corrected chi connectivity index (χ4v) is 2.35. The van der Waals surface area contributed by atoms with Crippen LogP contribution in [0.4, 0.5) is 0 Å². The van der Waals surface area contributed by atoms with Gasteiger partial charge in [0.1, 0.15) is 0 Å². The van der Waals surface area contributed by atoms with E-state index in [1.54, 1.807) is 0 Å². The topological polar surface area (TPSA) is 39.7 Å². The Morgan fingerprint density at radius 1 is 1.14 bits per heavy atom. The molecule has 0 saturated heterocycles. The average Bonchev–Trinajstić information content (AvgIpc) is 2.47. The zero-order chi connectivity index (χ0) is 16.5. The fourth-order valence-electron chi connectivity index (χ4n) is 2.35. The summed E-state index contributed by atoms with van der Waals surface area (Å²) in [5, 5.41) is 6.81. The van der Waals surface area contributed by atoms with Crippen molar-refractivity contribution in [3.8, 4) is 0 Å². The molecule has 1 atom stereocenters. The molecule has 0 heterocycles. The summed E-state index contributed by atoms with van der Waals surface area (Å²) in [5.41, 5.74) is 2.55. The van der Waals surface area contributed by atoms with Crippen molar-refractivity contribution in [3.05, 3.63) is 35.4 Å². The van der Waals surface area contributed by atoms with E-state index in [0.717, 1.165) is 19.0 Å². The summed E-state index contributed by atoms with van der Waals surface area (Å²) in [7, 11) is 6.09. The van der Waals surface area contributed by atoms with E-state index in [2.05, 4.69) is 79.7 Å². The first-order chi connectivity index (χ1) is 10.4. The van der Waals surface area contributed by atoms with Crippen molar-refractivity contribution < 1.29 is 0 Å². The number of nitrogens with one attached hydrogen (secondary N) is 2. The average molecular weight is 304 g/mol. The highest BCUT2D eigenvalue weighted by Crippen LogP contribution is 2.08. The number of benzene rings is 1. The van der Waals surface area contributed by atoms with Crippen LogP contribution in [0.2, 0.25) is 0 Å². The number of nitrogens with zero attached hydrogens (tertiary/aromatic N) is 2. The molecular formula is C18H32N4. The van der Waals surface area contributed by atoms with Crippen LogP contribution >= 0.6 is 0 Å². The van der Waals surface area contributed by atoms with Gasteiger partial charge < -0.3 is 15.5 Å². The minimum Gasteiger partial charge on any atom is -0.355 e. The molecule has 22 heavy (non-hydrogen) atoms. The minimum atomic E-state index is 0.512. The van der Waals surface area contributed by atoms with Crippen LogP contribution in [0.5, 0.6) is 0 Å². The van der Waals surface area contributed by atoms with Crippen LogP contribution in [0.25, 0.3) is 0 Å². The monoisotopic (exact) mass is 304 g/mol. The Bertz CT molecular complexity index is 449. The lowest BCUT2D eigenvalue weighted by Gasteiger charge is -2.27. The summed E-state index contributed by atoms with van der Waals surface area (Å²) in [4.78, 5) is 6.59. The number of rotatable bonds is 7. The maximum absolute atomic E-state index is 4.31. The lowest BCUT2D eigenvalue weighted by Crippen LogP contribution is -2.45. The van der Waals surface area contributed by atoms with E-state index in [4.69, 9.17) is 0 Å². The molecule has 1 aromatic rings. The molecule has 4 nitrogen and oxygen atoms in total. The number of hydrogen-bond acceptors (Lipinski definition) is 2. The van der Waals surface area contributed by atoms with Crippen LogP contribution in [0, 0.1) is 12.8 Å². The number of aryl methyl sites for hydroxylation is 1. The smallest absolute Gasteiger partial charge is 0.191 e. The molecule has 0 aliphatic rings. The molecule has 2 N–H and O–H groups in total. The van der Waals surface area contributed by atoms with Crippen molar-refractivity contribution in [3.63, 3.8) is 0 Å². The van der Waals surface area contributed by atoms with Gasteiger partial charge in [-0.15, -0.1) is 0 Å². The molecule has 0 spiro atoms. The van der Waals surface area contributed by atoms with Crippen molar-refractivity contribution in [1.29, 1.82) is 0 Å². The summed E-state index contributed by atoms with van der Waals surface area (Å²) in [6.45, 7) is 8.32. The second-order valence-corrected chi connectivity index (χ2v) is 6.54. The molecule has 0 saturated carbocycles. The maximum Gasteiger partial charge on any atom is 0.191 e. The van der Waals surface area contributed by atoms with E-state index in [0.29, 0.717) is 12.0 Å². The van der Waals surface area contributed by atoms with Crippen LogP contribution in [0.1, 0.15) is 31.4 Å². The van der Waals surface area contributed by atoms with Gasteiger partial charge >= 0.3 is 0 Å². The zero-order valence-electron chi connectivity index (χ0n) is 15.0. The van der Waals surface area contributed by atoms with Crippen molar-refractivity contribution >= 4 is 5.96 Å². The molecule has 1 unspecified atom stereocenters. The molecule has 4 heteroatoms. The Morgan fingerprint density at radius 2 is 1.77 bits per heavy atom. The highest BCUT2D eigenvalue weighted by atomic mass is 15.2. The molecule has 124 valence electrons. The molecule has 1 rings (SSSR count). The van der Waals surface area contributed by atoms with Crippen molar-refractivity contribution in [2.75, 3.05) is 27.7 Å². The lowest BCUT2D eigenvalue weighted by atomic mass is 10.0. The number of aliphatic imine (C=N–C) groups is 1. The van der Waals surface area contributed by atoms with Gasteiger partial charge in [-0.25, -0.2) is 0 Å². The van der Waals surface area contributed by atoms with Crippen LogP contribution in [-0.4, -0.2) is 44.6 Å². The Balaban J connectivity index is 2.46.